The number of hydrogen-bond donors (Lipinski definition) is 0. The summed E-state index contributed by atoms with van der Waals surface area (Å²) in [6.45, 7) is 0. The van der Waals surface area contributed by atoms with Crippen molar-refractivity contribution >= 4 is 21.8 Å². The first-order chi connectivity index (χ1) is 30.2. The van der Waals surface area contributed by atoms with E-state index in [4.69, 9.17) is 15.0 Å². The monoisotopic (exact) mass is 778 g/mol. The molecule has 4 heteroatoms. The van der Waals surface area contributed by atoms with Gasteiger partial charge in [-0.15, -0.1) is 0 Å². The molecule has 0 radical (unpaired) electrons. The Labute approximate surface area is 354 Å². The maximum Gasteiger partial charge on any atom is 0.164 e. The van der Waals surface area contributed by atoms with Gasteiger partial charge >= 0.3 is 0 Å². The molecule has 0 aliphatic rings. The van der Waals surface area contributed by atoms with Gasteiger partial charge in [0.05, 0.1) is 11.0 Å². The van der Waals surface area contributed by atoms with E-state index < -0.39 is 0 Å². The number of para-hydroxylation sites is 1. The Morgan fingerprint density at radius 2 is 0.541 bits per heavy atom. The van der Waals surface area contributed by atoms with Crippen LogP contribution in [-0.2, 0) is 0 Å². The van der Waals surface area contributed by atoms with Crippen molar-refractivity contribution in [1.82, 2.24) is 19.5 Å². The fourth-order valence-corrected chi connectivity index (χ4v) is 8.32. The summed E-state index contributed by atoms with van der Waals surface area (Å²) in [6, 6.07) is 81.3. The Bertz CT molecular complexity index is 3280. The van der Waals surface area contributed by atoms with Crippen LogP contribution < -0.4 is 0 Å². The molecule has 0 saturated carbocycles. The molecule has 0 amide bonds. The summed E-state index contributed by atoms with van der Waals surface area (Å²) >= 11 is 0. The van der Waals surface area contributed by atoms with Crippen molar-refractivity contribution in [3.63, 3.8) is 0 Å². The zero-order chi connectivity index (χ0) is 40.5. The van der Waals surface area contributed by atoms with Crippen LogP contribution in [0, 0.1) is 0 Å². The van der Waals surface area contributed by atoms with Crippen LogP contribution in [0.2, 0.25) is 0 Å². The summed E-state index contributed by atoms with van der Waals surface area (Å²) in [6.07, 6.45) is 0. The van der Waals surface area contributed by atoms with Crippen LogP contribution in [0.1, 0.15) is 0 Å². The molecule has 286 valence electrons. The van der Waals surface area contributed by atoms with Crippen molar-refractivity contribution in [2.75, 3.05) is 0 Å². The summed E-state index contributed by atoms with van der Waals surface area (Å²) in [5.41, 5.74) is 15.7. The van der Waals surface area contributed by atoms with Gasteiger partial charge in [-0.3, -0.25) is 0 Å². The van der Waals surface area contributed by atoms with Gasteiger partial charge in [-0.2, -0.15) is 0 Å². The molecule has 11 rings (SSSR count). The number of rotatable bonds is 8. The van der Waals surface area contributed by atoms with Crippen LogP contribution in [-0.4, -0.2) is 19.5 Å². The lowest BCUT2D eigenvalue weighted by Crippen LogP contribution is -2.00. The molecule has 0 spiro atoms. The van der Waals surface area contributed by atoms with E-state index in [1.54, 1.807) is 0 Å². The normalized spacial score (nSPS) is 11.3. The highest BCUT2D eigenvalue weighted by molar-refractivity contribution is 6.10. The van der Waals surface area contributed by atoms with E-state index in [2.05, 4.69) is 199 Å². The van der Waals surface area contributed by atoms with E-state index in [-0.39, 0.29) is 0 Å². The van der Waals surface area contributed by atoms with Gasteiger partial charge < -0.3 is 4.57 Å². The molecule has 0 atom stereocenters. The molecule has 11 aromatic rings. The van der Waals surface area contributed by atoms with Crippen molar-refractivity contribution in [2.24, 2.45) is 0 Å². The second-order valence-electron chi connectivity index (χ2n) is 15.3. The lowest BCUT2D eigenvalue weighted by atomic mass is 10.00. The Kier molecular flexibility index (Phi) is 9.14. The Hall–Kier alpha value is -8.21. The molecule has 0 aliphatic carbocycles. The highest BCUT2D eigenvalue weighted by Crippen LogP contribution is 2.36. The Balaban J connectivity index is 0.927. The standard InChI is InChI=1S/C57H38N4/c1-4-12-39(13-5-1)41-20-22-43(23-21-41)44-32-35-50(36-33-44)61-53-19-11-10-18-51(53)52-37-34-49(38-54(52)61)45-26-30-48(31-27-45)57-59-55(46-16-8-3-9-17-46)58-56(60-57)47-28-24-42(25-29-47)40-14-6-2-7-15-40/h1-38H. The summed E-state index contributed by atoms with van der Waals surface area (Å²) in [5.74, 6) is 1.91. The number of benzene rings is 9. The average molecular weight is 779 g/mol. The molecule has 2 heterocycles. The van der Waals surface area contributed by atoms with Crippen LogP contribution in [0.15, 0.2) is 231 Å². The minimum Gasteiger partial charge on any atom is -0.309 e. The van der Waals surface area contributed by atoms with Crippen LogP contribution in [0.4, 0.5) is 0 Å². The summed E-state index contributed by atoms with van der Waals surface area (Å²) in [5, 5.41) is 2.45. The number of nitrogens with zero attached hydrogens (tertiary/aromatic N) is 4. The minimum absolute atomic E-state index is 0.633. The quantitative estimate of drug-likeness (QED) is 0.154. The third kappa shape index (κ3) is 6.96. The van der Waals surface area contributed by atoms with Crippen molar-refractivity contribution < 1.29 is 0 Å². The Morgan fingerprint density at radius 3 is 1.02 bits per heavy atom. The molecular formula is C57H38N4. The van der Waals surface area contributed by atoms with E-state index in [1.807, 2.05) is 36.4 Å². The van der Waals surface area contributed by atoms with E-state index in [0.29, 0.717) is 17.5 Å². The minimum atomic E-state index is 0.633. The molecular weight excluding hydrogens is 741 g/mol. The first-order valence-corrected chi connectivity index (χ1v) is 20.6. The predicted molar refractivity (Wildman–Crippen MR) is 252 cm³/mol. The van der Waals surface area contributed by atoms with Crippen molar-refractivity contribution in [3.8, 4) is 84.4 Å². The summed E-state index contributed by atoms with van der Waals surface area (Å²) in [7, 11) is 0. The third-order valence-corrected chi connectivity index (χ3v) is 11.5. The maximum atomic E-state index is 5.03. The van der Waals surface area contributed by atoms with Gasteiger partial charge in [0.1, 0.15) is 0 Å². The van der Waals surface area contributed by atoms with Gasteiger partial charge in [0.15, 0.2) is 17.5 Å². The number of aromatic nitrogens is 4. The van der Waals surface area contributed by atoms with Crippen LogP contribution in [0.3, 0.4) is 0 Å². The first-order valence-electron chi connectivity index (χ1n) is 20.6. The van der Waals surface area contributed by atoms with Gasteiger partial charge in [-0.25, -0.2) is 15.0 Å². The Morgan fingerprint density at radius 1 is 0.230 bits per heavy atom. The summed E-state index contributed by atoms with van der Waals surface area (Å²) < 4.78 is 2.38. The molecule has 0 aliphatic heterocycles. The highest BCUT2D eigenvalue weighted by Gasteiger charge is 2.16. The molecule has 4 nitrogen and oxygen atoms in total. The molecule has 0 saturated heterocycles. The third-order valence-electron chi connectivity index (χ3n) is 11.5. The zero-order valence-corrected chi connectivity index (χ0v) is 33.2. The van der Waals surface area contributed by atoms with E-state index in [1.165, 1.54) is 44.1 Å². The van der Waals surface area contributed by atoms with Crippen molar-refractivity contribution in [1.29, 1.82) is 0 Å². The van der Waals surface area contributed by atoms with Gasteiger partial charge in [0.25, 0.3) is 0 Å². The average Bonchev–Trinajstić information content (AvgIpc) is 3.68. The maximum absolute atomic E-state index is 5.03. The molecule has 0 unspecified atom stereocenters. The molecule has 9 aromatic carbocycles. The zero-order valence-electron chi connectivity index (χ0n) is 33.2. The van der Waals surface area contributed by atoms with Crippen molar-refractivity contribution in [3.05, 3.63) is 231 Å². The number of hydrogen-bond acceptors (Lipinski definition) is 3. The van der Waals surface area contributed by atoms with Gasteiger partial charge in [0.2, 0.25) is 0 Å². The van der Waals surface area contributed by atoms with Gasteiger partial charge in [-0.1, -0.05) is 206 Å². The topological polar surface area (TPSA) is 43.6 Å². The molecule has 61 heavy (non-hydrogen) atoms. The smallest absolute Gasteiger partial charge is 0.164 e. The van der Waals surface area contributed by atoms with Gasteiger partial charge in [0, 0.05) is 33.2 Å². The fraction of sp³-hybridized carbons (Fsp3) is 0. The van der Waals surface area contributed by atoms with Crippen LogP contribution in [0.25, 0.3) is 106 Å². The molecule has 0 fully saturated rings. The van der Waals surface area contributed by atoms with Gasteiger partial charge in [-0.05, 0) is 68.8 Å². The predicted octanol–water partition coefficient (Wildman–Crippen LogP) is 14.6. The fourth-order valence-electron chi connectivity index (χ4n) is 8.32. The second-order valence-corrected chi connectivity index (χ2v) is 15.3. The van der Waals surface area contributed by atoms with E-state index in [9.17, 15) is 0 Å². The van der Waals surface area contributed by atoms with E-state index >= 15 is 0 Å². The number of fused-ring (bicyclic) bond motifs is 3. The highest BCUT2D eigenvalue weighted by atomic mass is 15.0. The molecule has 2 aromatic heterocycles. The molecule has 0 bridgehead atoms. The largest absolute Gasteiger partial charge is 0.309 e. The van der Waals surface area contributed by atoms with Crippen LogP contribution >= 0.6 is 0 Å². The second kappa shape index (κ2) is 15.5. The first kappa shape index (κ1) is 35.9. The lowest BCUT2D eigenvalue weighted by Gasteiger charge is -2.11. The lowest BCUT2D eigenvalue weighted by molar-refractivity contribution is 1.07. The van der Waals surface area contributed by atoms with Crippen molar-refractivity contribution in [2.45, 2.75) is 0 Å². The van der Waals surface area contributed by atoms with E-state index in [0.717, 1.165) is 44.6 Å². The summed E-state index contributed by atoms with van der Waals surface area (Å²) in [4.78, 5) is 15.0. The molecule has 0 N–H and O–H groups in total. The van der Waals surface area contributed by atoms with Crippen LogP contribution in [0.5, 0.6) is 0 Å². The SMILES string of the molecule is c1ccc(-c2ccc(-c3ccc(-n4c5ccccc5c5ccc(-c6ccc(-c7nc(-c8ccccc8)nc(-c8ccc(-c9ccccc9)cc8)n7)cc6)cc54)cc3)cc2)cc1.